The van der Waals surface area contributed by atoms with E-state index in [0.29, 0.717) is 11.1 Å². The van der Waals surface area contributed by atoms with Crippen LogP contribution in [-0.4, -0.2) is 27.7 Å². The van der Waals surface area contributed by atoms with Crippen molar-refractivity contribution in [1.82, 2.24) is 4.83 Å². The molecule has 0 radical (unpaired) electrons. The molecule has 0 unspecified atom stereocenters. The summed E-state index contributed by atoms with van der Waals surface area (Å²) in [6.07, 6.45) is 1.34. The maximum Gasteiger partial charge on any atom is 0.337 e. The van der Waals surface area contributed by atoms with Gasteiger partial charge in [-0.2, -0.15) is 13.5 Å². The number of benzene rings is 2. The van der Waals surface area contributed by atoms with E-state index in [1.165, 1.54) is 25.5 Å². The van der Waals surface area contributed by atoms with Crippen molar-refractivity contribution in [1.29, 1.82) is 0 Å². The summed E-state index contributed by atoms with van der Waals surface area (Å²) in [4.78, 5) is 13.5. The van der Waals surface area contributed by atoms with Gasteiger partial charge in [0.15, 0.2) is 0 Å². The summed E-state index contributed by atoms with van der Waals surface area (Å²) in [6.45, 7) is 0. The lowest BCUT2D eigenvalue weighted by atomic mass is 10.1. The highest BCUT2D eigenvalue weighted by atomic mass is 79.9. The largest absolute Gasteiger partial charge is 0.465 e. The molecule has 6 nitrogen and oxygen atoms in total. The van der Waals surface area contributed by atoms with E-state index in [1.54, 1.807) is 36.4 Å². The van der Waals surface area contributed by atoms with Gasteiger partial charge in [-0.3, -0.25) is 0 Å². The van der Waals surface area contributed by atoms with Gasteiger partial charge < -0.3 is 4.74 Å². The summed E-state index contributed by atoms with van der Waals surface area (Å²) in [7, 11) is -2.42. The highest BCUT2D eigenvalue weighted by Gasteiger charge is 2.11. The smallest absolute Gasteiger partial charge is 0.337 e. The van der Waals surface area contributed by atoms with Gasteiger partial charge in [-0.05, 0) is 42.0 Å². The summed E-state index contributed by atoms with van der Waals surface area (Å²) in [5, 5.41) is 3.72. The predicted octanol–water partition coefficient (Wildman–Crippen LogP) is 2.55. The Morgan fingerprint density at radius 1 is 1.13 bits per heavy atom. The average Bonchev–Trinajstić information content (AvgIpc) is 2.55. The Kier molecular flexibility index (Phi) is 5.51. The fraction of sp³-hybridized carbons (Fsp3) is 0.0667. The lowest BCUT2D eigenvalue weighted by molar-refractivity contribution is 0.0600. The number of carbonyl (C=O) groups excluding carboxylic acids is 1. The third-order valence-electron chi connectivity index (χ3n) is 2.84. The number of hydrogen-bond donors (Lipinski definition) is 1. The number of nitrogens with one attached hydrogen (secondary N) is 1. The van der Waals surface area contributed by atoms with E-state index >= 15 is 0 Å². The van der Waals surface area contributed by atoms with Crippen molar-refractivity contribution in [2.24, 2.45) is 5.10 Å². The van der Waals surface area contributed by atoms with Crippen LogP contribution in [0.4, 0.5) is 0 Å². The molecule has 8 heteroatoms. The SMILES string of the molecule is COC(=O)c1ccc(C=NNS(=O)(=O)c2ccc(Br)cc2)cc1. The van der Waals surface area contributed by atoms with Crippen molar-refractivity contribution >= 4 is 38.1 Å². The van der Waals surface area contributed by atoms with Crippen molar-refractivity contribution in [2.45, 2.75) is 4.90 Å². The van der Waals surface area contributed by atoms with Gasteiger partial charge in [0.2, 0.25) is 0 Å². The van der Waals surface area contributed by atoms with Gasteiger partial charge in [0, 0.05) is 4.47 Å². The zero-order valence-electron chi connectivity index (χ0n) is 12.1. The predicted molar refractivity (Wildman–Crippen MR) is 89.8 cm³/mol. The van der Waals surface area contributed by atoms with Gasteiger partial charge in [-0.15, -0.1) is 0 Å². The van der Waals surface area contributed by atoms with Crippen LogP contribution in [0.15, 0.2) is 63.0 Å². The van der Waals surface area contributed by atoms with Crippen LogP contribution < -0.4 is 4.83 Å². The van der Waals surface area contributed by atoms with Crippen molar-refractivity contribution in [3.05, 3.63) is 64.1 Å². The minimum Gasteiger partial charge on any atom is -0.465 e. The molecular formula is C15H13BrN2O4S. The molecule has 0 spiro atoms. The maximum atomic E-state index is 12.0. The van der Waals surface area contributed by atoms with Crippen LogP contribution in [-0.2, 0) is 14.8 Å². The molecular weight excluding hydrogens is 384 g/mol. The fourth-order valence-electron chi connectivity index (χ4n) is 1.66. The average molecular weight is 397 g/mol. The minimum atomic E-state index is -3.72. The quantitative estimate of drug-likeness (QED) is 0.478. The van der Waals surface area contributed by atoms with Crippen molar-refractivity contribution in [2.75, 3.05) is 7.11 Å². The lowest BCUT2D eigenvalue weighted by Gasteiger charge is -2.03. The minimum absolute atomic E-state index is 0.110. The van der Waals surface area contributed by atoms with E-state index < -0.39 is 16.0 Å². The van der Waals surface area contributed by atoms with Crippen LogP contribution in [0.1, 0.15) is 15.9 Å². The molecule has 0 aromatic heterocycles. The number of rotatable bonds is 5. The van der Waals surface area contributed by atoms with Crippen LogP contribution >= 0.6 is 15.9 Å². The van der Waals surface area contributed by atoms with E-state index in [4.69, 9.17) is 0 Å². The molecule has 0 aliphatic carbocycles. The van der Waals surface area contributed by atoms with Crippen molar-refractivity contribution in [3.8, 4) is 0 Å². The zero-order chi connectivity index (χ0) is 16.9. The highest BCUT2D eigenvalue weighted by molar-refractivity contribution is 9.10. The molecule has 0 aliphatic rings. The number of halogens is 1. The Morgan fingerprint density at radius 3 is 2.30 bits per heavy atom. The second-order valence-corrected chi connectivity index (χ2v) is 7.00. The van der Waals surface area contributed by atoms with Crippen LogP contribution in [0.3, 0.4) is 0 Å². The first-order valence-corrected chi connectivity index (χ1v) is 8.69. The summed E-state index contributed by atoms with van der Waals surface area (Å²) in [6, 6.07) is 12.6. The summed E-state index contributed by atoms with van der Waals surface area (Å²) in [5.41, 5.74) is 1.04. The van der Waals surface area contributed by atoms with E-state index in [0.717, 1.165) is 4.47 Å². The molecule has 2 aromatic carbocycles. The summed E-state index contributed by atoms with van der Waals surface area (Å²) < 4.78 is 29.4. The van der Waals surface area contributed by atoms with Gasteiger partial charge in [-0.1, -0.05) is 28.1 Å². The van der Waals surface area contributed by atoms with Gasteiger partial charge in [0.1, 0.15) is 0 Å². The Labute approximate surface area is 142 Å². The Bertz CT molecular complexity index is 816. The van der Waals surface area contributed by atoms with E-state index in [9.17, 15) is 13.2 Å². The van der Waals surface area contributed by atoms with E-state index in [1.807, 2.05) is 0 Å². The van der Waals surface area contributed by atoms with Gasteiger partial charge in [0.05, 0.1) is 23.8 Å². The molecule has 2 rings (SSSR count). The van der Waals surface area contributed by atoms with Crippen molar-refractivity contribution < 1.29 is 17.9 Å². The number of sulfonamides is 1. The molecule has 0 bridgehead atoms. The Balaban J connectivity index is 2.06. The first-order valence-electron chi connectivity index (χ1n) is 6.41. The van der Waals surface area contributed by atoms with Crippen LogP contribution in [0.25, 0.3) is 0 Å². The number of hydrazone groups is 1. The summed E-state index contributed by atoms with van der Waals surface area (Å²) >= 11 is 3.24. The van der Waals surface area contributed by atoms with Crippen LogP contribution in [0.5, 0.6) is 0 Å². The van der Waals surface area contributed by atoms with Crippen LogP contribution in [0.2, 0.25) is 0 Å². The number of nitrogens with zero attached hydrogens (tertiary/aromatic N) is 1. The van der Waals surface area contributed by atoms with E-state index in [2.05, 4.69) is 30.6 Å². The molecule has 0 amide bonds. The van der Waals surface area contributed by atoms with Crippen molar-refractivity contribution in [3.63, 3.8) is 0 Å². The Morgan fingerprint density at radius 2 is 1.74 bits per heavy atom. The van der Waals surface area contributed by atoms with Gasteiger partial charge in [-0.25, -0.2) is 9.63 Å². The third-order valence-corrected chi connectivity index (χ3v) is 4.61. The number of carbonyl (C=O) groups is 1. The molecule has 23 heavy (non-hydrogen) atoms. The molecule has 120 valence electrons. The molecule has 0 atom stereocenters. The van der Waals surface area contributed by atoms with Crippen LogP contribution in [0, 0.1) is 0 Å². The number of hydrogen-bond acceptors (Lipinski definition) is 5. The summed E-state index contributed by atoms with van der Waals surface area (Å²) in [5.74, 6) is -0.440. The Hall–Kier alpha value is -2.19. The molecule has 0 fully saturated rings. The third kappa shape index (κ3) is 4.64. The molecule has 0 saturated heterocycles. The standard InChI is InChI=1S/C15H13BrN2O4S/c1-22-15(19)12-4-2-11(3-5-12)10-17-18-23(20,21)14-8-6-13(16)7-9-14/h2-10,18H,1H3. The lowest BCUT2D eigenvalue weighted by Crippen LogP contribution is -2.18. The van der Waals surface area contributed by atoms with E-state index in [-0.39, 0.29) is 4.90 Å². The molecule has 0 heterocycles. The molecule has 0 aliphatic heterocycles. The van der Waals surface area contributed by atoms with Gasteiger partial charge in [0.25, 0.3) is 10.0 Å². The molecule has 1 N–H and O–H groups in total. The normalized spacial score (nSPS) is 11.4. The second kappa shape index (κ2) is 7.38. The number of ether oxygens (including phenoxy) is 1. The number of esters is 1. The fourth-order valence-corrected chi connectivity index (χ4v) is 2.72. The topological polar surface area (TPSA) is 84.8 Å². The monoisotopic (exact) mass is 396 g/mol. The van der Waals surface area contributed by atoms with Gasteiger partial charge >= 0.3 is 5.97 Å². The second-order valence-electron chi connectivity index (χ2n) is 4.42. The molecule has 2 aromatic rings. The molecule has 0 saturated carbocycles. The maximum absolute atomic E-state index is 12.0. The number of methoxy groups -OCH3 is 1. The zero-order valence-corrected chi connectivity index (χ0v) is 14.5. The first kappa shape index (κ1) is 17.2. The first-order chi connectivity index (χ1) is 10.9. The highest BCUT2D eigenvalue weighted by Crippen LogP contribution is 2.14.